The molecule has 0 saturated heterocycles. The van der Waals surface area contributed by atoms with Gasteiger partial charge in [0.25, 0.3) is 0 Å². The van der Waals surface area contributed by atoms with E-state index in [-0.39, 0.29) is 17.6 Å². The van der Waals surface area contributed by atoms with E-state index in [1.165, 1.54) is 0 Å². The maximum absolute atomic E-state index is 8.82. The summed E-state index contributed by atoms with van der Waals surface area (Å²) in [6.07, 6.45) is 0. The van der Waals surface area contributed by atoms with Gasteiger partial charge < -0.3 is 10.8 Å². The number of nitrogen functional groups attached to an aromatic ring is 1. The molecule has 0 aromatic carbocycles. The third kappa shape index (κ3) is 1.41. The Morgan fingerprint density at radius 2 is 2.18 bits per heavy atom. The van der Waals surface area contributed by atoms with Gasteiger partial charge in [-0.25, -0.2) is 0 Å². The zero-order valence-electron chi connectivity index (χ0n) is 6.00. The van der Waals surface area contributed by atoms with Gasteiger partial charge in [0, 0.05) is 5.56 Å². The van der Waals surface area contributed by atoms with Gasteiger partial charge in [0.15, 0.2) is 11.0 Å². The summed E-state index contributed by atoms with van der Waals surface area (Å²) in [5, 5.41) is 16.2. The fraction of sp³-hybridized carbons (Fsp3) is 0.333. The lowest BCUT2D eigenvalue weighted by Crippen LogP contribution is -2.03. The Labute approximate surface area is 69.0 Å². The van der Waals surface area contributed by atoms with E-state index in [0.29, 0.717) is 11.1 Å². The van der Waals surface area contributed by atoms with Crippen molar-refractivity contribution in [3.63, 3.8) is 0 Å². The smallest absolute Gasteiger partial charge is 0.155 e. The Morgan fingerprint density at radius 1 is 1.55 bits per heavy atom. The molecule has 1 rings (SSSR count). The molecule has 3 N–H and O–H groups in total. The monoisotopic (exact) mass is 173 g/mol. The molecule has 0 atom stereocenters. The van der Waals surface area contributed by atoms with Gasteiger partial charge in [0.05, 0.1) is 6.61 Å². The Balaban J connectivity index is 3.29. The Morgan fingerprint density at radius 3 is 2.64 bits per heavy atom. The molecule has 11 heavy (non-hydrogen) atoms. The number of hydrogen-bond acceptors (Lipinski definition) is 4. The predicted octanol–water partition coefficient (Wildman–Crippen LogP) is 0.513. The van der Waals surface area contributed by atoms with Crippen molar-refractivity contribution in [3.05, 3.63) is 16.3 Å². The Bertz CT molecular complexity index is 277. The number of nitrogens with zero attached hydrogens (tertiary/aromatic N) is 2. The first-order chi connectivity index (χ1) is 5.16. The molecule has 60 valence electrons. The van der Waals surface area contributed by atoms with Crippen LogP contribution >= 0.6 is 11.6 Å². The number of aliphatic hydroxyl groups excluding tert-OH is 1. The van der Waals surface area contributed by atoms with Crippen molar-refractivity contribution in [1.29, 1.82) is 0 Å². The van der Waals surface area contributed by atoms with Gasteiger partial charge in [-0.05, 0) is 12.5 Å². The summed E-state index contributed by atoms with van der Waals surface area (Å²) in [5.74, 6) is 0.231. The maximum Gasteiger partial charge on any atom is 0.155 e. The lowest BCUT2D eigenvalue weighted by molar-refractivity contribution is 0.281. The molecule has 0 aliphatic heterocycles. The third-order valence-corrected chi connectivity index (χ3v) is 1.83. The average molecular weight is 174 g/mol. The largest absolute Gasteiger partial charge is 0.392 e. The van der Waals surface area contributed by atoms with Crippen LogP contribution in [0.1, 0.15) is 11.1 Å². The van der Waals surface area contributed by atoms with Gasteiger partial charge in [0.1, 0.15) is 0 Å². The number of anilines is 1. The van der Waals surface area contributed by atoms with Crippen LogP contribution in [-0.4, -0.2) is 15.3 Å². The molecule has 0 spiro atoms. The van der Waals surface area contributed by atoms with E-state index in [0.717, 1.165) is 0 Å². The Hall–Kier alpha value is -0.870. The zero-order valence-corrected chi connectivity index (χ0v) is 6.76. The van der Waals surface area contributed by atoms with Crippen LogP contribution in [0.3, 0.4) is 0 Å². The fourth-order valence-electron chi connectivity index (χ4n) is 0.749. The highest BCUT2D eigenvalue weighted by Crippen LogP contribution is 2.18. The number of aromatic nitrogens is 2. The van der Waals surface area contributed by atoms with Gasteiger partial charge in [-0.15, -0.1) is 10.2 Å². The molecule has 1 aromatic heterocycles. The first kappa shape index (κ1) is 8.23. The van der Waals surface area contributed by atoms with E-state index in [4.69, 9.17) is 22.4 Å². The molecule has 0 bridgehead atoms. The topological polar surface area (TPSA) is 72.0 Å². The SMILES string of the molecule is Cc1c(Cl)nnc(N)c1CO. The summed E-state index contributed by atoms with van der Waals surface area (Å²) in [6, 6.07) is 0. The highest BCUT2D eigenvalue weighted by atomic mass is 35.5. The van der Waals surface area contributed by atoms with Gasteiger partial charge in [-0.3, -0.25) is 0 Å². The summed E-state index contributed by atoms with van der Waals surface area (Å²) in [4.78, 5) is 0. The molecular weight excluding hydrogens is 166 g/mol. The van der Waals surface area contributed by atoms with Crippen molar-refractivity contribution >= 4 is 17.4 Å². The summed E-state index contributed by atoms with van der Waals surface area (Å²) in [5.41, 5.74) is 6.64. The summed E-state index contributed by atoms with van der Waals surface area (Å²) >= 11 is 5.62. The van der Waals surface area contributed by atoms with E-state index in [1.807, 2.05) is 0 Å². The fourth-order valence-corrected chi connectivity index (χ4v) is 0.901. The van der Waals surface area contributed by atoms with Crippen LogP contribution in [0.2, 0.25) is 5.15 Å². The molecule has 5 heteroatoms. The lowest BCUT2D eigenvalue weighted by Gasteiger charge is -2.04. The van der Waals surface area contributed by atoms with Gasteiger partial charge in [0.2, 0.25) is 0 Å². The van der Waals surface area contributed by atoms with Crippen LogP contribution in [0.4, 0.5) is 5.82 Å². The first-order valence-electron chi connectivity index (χ1n) is 3.04. The normalized spacial score (nSPS) is 10.1. The van der Waals surface area contributed by atoms with Gasteiger partial charge in [-0.1, -0.05) is 11.6 Å². The van der Waals surface area contributed by atoms with E-state index in [2.05, 4.69) is 10.2 Å². The highest BCUT2D eigenvalue weighted by molar-refractivity contribution is 6.30. The number of nitrogens with two attached hydrogens (primary N) is 1. The second-order valence-corrected chi connectivity index (χ2v) is 2.50. The molecule has 0 radical (unpaired) electrons. The maximum atomic E-state index is 8.82. The van der Waals surface area contributed by atoms with E-state index in [9.17, 15) is 0 Å². The van der Waals surface area contributed by atoms with E-state index < -0.39 is 0 Å². The minimum Gasteiger partial charge on any atom is -0.392 e. The second-order valence-electron chi connectivity index (χ2n) is 2.14. The minimum atomic E-state index is -0.160. The molecule has 0 aliphatic carbocycles. The van der Waals surface area contributed by atoms with Crippen molar-refractivity contribution in [3.8, 4) is 0 Å². The molecule has 4 nitrogen and oxygen atoms in total. The molecule has 0 unspecified atom stereocenters. The molecule has 0 aliphatic rings. The third-order valence-electron chi connectivity index (χ3n) is 1.47. The van der Waals surface area contributed by atoms with Crippen molar-refractivity contribution < 1.29 is 5.11 Å². The van der Waals surface area contributed by atoms with Crippen molar-refractivity contribution in [2.75, 3.05) is 5.73 Å². The average Bonchev–Trinajstić information content (AvgIpc) is 1.99. The molecule has 0 amide bonds. The predicted molar refractivity (Wildman–Crippen MR) is 42.1 cm³/mol. The van der Waals surface area contributed by atoms with Gasteiger partial charge in [-0.2, -0.15) is 0 Å². The number of rotatable bonds is 1. The molecular formula is C6H8ClN3O. The molecule has 1 heterocycles. The van der Waals surface area contributed by atoms with Crippen LogP contribution in [0.5, 0.6) is 0 Å². The number of halogens is 1. The Kier molecular flexibility index (Phi) is 2.26. The molecule has 0 fully saturated rings. The van der Waals surface area contributed by atoms with Crippen molar-refractivity contribution in [2.45, 2.75) is 13.5 Å². The van der Waals surface area contributed by atoms with Crippen LogP contribution in [-0.2, 0) is 6.61 Å². The van der Waals surface area contributed by atoms with E-state index in [1.54, 1.807) is 6.92 Å². The summed E-state index contributed by atoms with van der Waals surface area (Å²) in [7, 11) is 0. The van der Waals surface area contributed by atoms with Crippen molar-refractivity contribution in [1.82, 2.24) is 10.2 Å². The second kappa shape index (κ2) is 3.02. The summed E-state index contributed by atoms with van der Waals surface area (Å²) < 4.78 is 0. The zero-order chi connectivity index (χ0) is 8.43. The molecule has 0 saturated carbocycles. The van der Waals surface area contributed by atoms with Crippen molar-refractivity contribution in [2.24, 2.45) is 0 Å². The first-order valence-corrected chi connectivity index (χ1v) is 3.42. The number of aliphatic hydroxyl groups is 1. The number of hydrogen-bond donors (Lipinski definition) is 2. The standard InChI is InChI=1S/C6H8ClN3O/c1-3-4(2-11)6(8)10-9-5(3)7/h11H,2H2,1H3,(H2,8,10). The lowest BCUT2D eigenvalue weighted by atomic mass is 10.2. The highest BCUT2D eigenvalue weighted by Gasteiger charge is 2.07. The minimum absolute atomic E-state index is 0.160. The summed E-state index contributed by atoms with van der Waals surface area (Å²) in [6.45, 7) is 1.58. The molecule has 1 aromatic rings. The quantitative estimate of drug-likeness (QED) is 0.649. The van der Waals surface area contributed by atoms with E-state index >= 15 is 0 Å². The van der Waals surface area contributed by atoms with Crippen LogP contribution in [0, 0.1) is 6.92 Å². The van der Waals surface area contributed by atoms with Crippen LogP contribution < -0.4 is 5.73 Å². The van der Waals surface area contributed by atoms with Gasteiger partial charge >= 0.3 is 0 Å². The van der Waals surface area contributed by atoms with Crippen LogP contribution in [0.15, 0.2) is 0 Å². The van der Waals surface area contributed by atoms with Crippen LogP contribution in [0.25, 0.3) is 0 Å².